The molecule has 1 aliphatic heterocycles. The molecule has 2 N–H and O–H groups in total. The Hall–Kier alpha value is -0.880. The van der Waals surface area contributed by atoms with Gasteiger partial charge in [-0.3, -0.25) is 9.35 Å². The minimum absolute atomic E-state index is 0.0231. The Kier molecular flexibility index (Phi) is 5.53. The van der Waals surface area contributed by atoms with Crippen molar-refractivity contribution >= 4 is 16.0 Å². The fraction of sp³-hybridized carbons (Fsp3) is 0.667. The van der Waals surface area contributed by atoms with Gasteiger partial charge in [0, 0.05) is 0 Å². The highest BCUT2D eigenvalue weighted by molar-refractivity contribution is 7.85. The molecule has 0 radical (unpaired) electrons. The first-order valence-electron chi connectivity index (χ1n) is 4.71. The molecule has 1 aliphatic rings. The monoisotopic (exact) mass is 235 g/mol. The molecule has 1 rings (SSSR count). The lowest BCUT2D eigenvalue weighted by Crippen LogP contribution is -2.11. The summed E-state index contributed by atoms with van der Waals surface area (Å²) in [6.45, 7) is 7.09. The Morgan fingerprint density at radius 2 is 1.93 bits per heavy atom. The second-order valence-electron chi connectivity index (χ2n) is 3.58. The summed E-state index contributed by atoms with van der Waals surface area (Å²) in [4.78, 5) is 9.68. The molecule has 0 aromatic carbocycles. The molecule has 15 heavy (non-hydrogen) atoms. The minimum atomic E-state index is -3.75. The highest BCUT2D eigenvalue weighted by Crippen LogP contribution is 2.06. The van der Waals surface area contributed by atoms with Crippen molar-refractivity contribution in [3.63, 3.8) is 0 Å². The SMILES string of the molecule is C=C1NC1=O.CCCC(C)CS(=O)(=O)O. The molecule has 1 unspecified atom stereocenters. The molecule has 1 amide bonds. The zero-order valence-electron chi connectivity index (χ0n) is 8.99. The Morgan fingerprint density at radius 1 is 1.53 bits per heavy atom. The zero-order chi connectivity index (χ0) is 12.1. The van der Waals surface area contributed by atoms with Gasteiger partial charge in [-0.25, -0.2) is 0 Å². The third-order valence-corrected chi connectivity index (χ3v) is 2.74. The third kappa shape index (κ3) is 9.42. The van der Waals surface area contributed by atoms with E-state index in [1.165, 1.54) is 0 Å². The quantitative estimate of drug-likeness (QED) is 0.431. The van der Waals surface area contributed by atoms with Crippen molar-refractivity contribution in [1.29, 1.82) is 0 Å². The van der Waals surface area contributed by atoms with Gasteiger partial charge in [-0.15, -0.1) is 0 Å². The van der Waals surface area contributed by atoms with Crippen LogP contribution in [0.15, 0.2) is 12.3 Å². The normalized spacial score (nSPS) is 16.2. The number of hydrogen-bond acceptors (Lipinski definition) is 3. The second-order valence-corrected chi connectivity index (χ2v) is 5.07. The van der Waals surface area contributed by atoms with E-state index in [2.05, 4.69) is 11.9 Å². The van der Waals surface area contributed by atoms with Crippen molar-refractivity contribution in [2.24, 2.45) is 5.92 Å². The molecule has 1 heterocycles. The van der Waals surface area contributed by atoms with Crippen molar-refractivity contribution in [2.45, 2.75) is 26.7 Å². The van der Waals surface area contributed by atoms with Crippen LogP contribution in [0.25, 0.3) is 0 Å². The molecule has 6 heteroatoms. The summed E-state index contributed by atoms with van der Waals surface area (Å²) in [5.74, 6) is -0.0640. The molecule has 1 atom stereocenters. The van der Waals surface area contributed by atoms with E-state index in [1.54, 1.807) is 0 Å². The van der Waals surface area contributed by atoms with E-state index in [0.29, 0.717) is 5.70 Å². The first-order chi connectivity index (χ1) is 6.76. The maximum absolute atomic E-state index is 10.3. The Labute approximate surface area is 90.3 Å². The van der Waals surface area contributed by atoms with Gasteiger partial charge in [0.25, 0.3) is 16.0 Å². The van der Waals surface area contributed by atoms with Gasteiger partial charge < -0.3 is 5.32 Å². The van der Waals surface area contributed by atoms with Gasteiger partial charge in [0.05, 0.1) is 11.4 Å². The van der Waals surface area contributed by atoms with E-state index in [-0.39, 0.29) is 17.6 Å². The zero-order valence-corrected chi connectivity index (χ0v) is 9.80. The van der Waals surface area contributed by atoms with E-state index in [9.17, 15) is 13.2 Å². The summed E-state index contributed by atoms with van der Waals surface area (Å²) in [6.07, 6.45) is 1.80. The molecule has 1 saturated heterocycles. The lowest BCUT2D eigenvalue weighted by molar-refractivity contribution is -0.109. The molecule has 88 valence electrons. The largest absolute Gasteiger partial charge is 0.317 e. The average molecular weight is 235 g/mol. The lowest BCUT2D eigenvalue weighted by Gasteiger charge is -2.05. The smallest absolute Gasteiger partial charge is 0.271 e. The molecule has 0 aromatic rings. The standard InChI is InChI=1S/C6H14O3S.C3H3NO/c1-3-4-6(2)5-10(7,8)9;1-2-3(5)4-2/h6H,3-5H2,1-2H3,(H,7,8,9);1H2,(H,4,5). The maximum Gasteiger partial charge on any atom is 0.271 e. The van der Waals surface area contributed by atoms with Crippen molar-refractivity contribution in [1.82, 2.24) is 5.32 Å². The highest BCUT2D eigenvalue weighted by atomic mass is 32.2. The molecule has 0 aliphatic carbocycles. The fourth-order valence-electron chi connectivity index (χ4n) is 1.04. The van der Waals surface area contributed by atoms with Crippen molar-refractivity contribution < 1.29 is 17.8 Å². The molecular weight excluding hydrogens is 218 g/mol. The van der Waals surface area contributed by atoms with Crippen LogP contribution in [0.2, 0.25) is 0 Å². The second kappa shape index (κ2) is 5.87. The first-order valence-corrected chi connectivity index (χ1v) is 6.32. The third-order valence-electron chi connectivity index (χ3n) is 1.75. The maximum atomic E-state index is 10.3. The van der Waals surface area contributed by atoms with Crippen molar-refractivity contribution in [3.05, 3.63) is 12.3 Å². The molecular formula is C9H17NO4S. The van der Waals surface area contributed by atoms with Crippen LogP contribution < -0.4 is 5.32 Å². The van der Waals surface area contributed by atoms with Crippen LogP contribution in [0.4, 0.5) is 0 Å². The predicted molar refractivity (Wildman–Crippen MR) is 57.8 cm³/mol. The van der Waals surface area contributed by atoms with Crippen LogP contribution in [-0.2, 0) is 14.9 Å². The molecule has 0 saturated carbocycles. The topological polar surface area (TPSA) is 93.4 Å². The van der Waals surface area contributed by atoms with Gasteiger partial charge in [0.1, 0.15) is 0 Å². The summed E-state index contributed by atoms with van der Waals surface area (Å²) in [5.41, 5.74) is 0.532. The van der Waals surface area contributed by atoms with Crippen LogP contribution in [0.5, 0.6) is 0 Å². The van der Waals surface area contributed by atoms with Gasteiger partial charge in [-0.05, 0) is 12.3 Å². The van der Waals surface area contributed by atoms with E-state index >= 15 is 0 Å². The molecule has 0 bridgehead atoms. The fourth-order valence-corrected chi connectivity index (χ4v) is 1.93. The van der Waals surface area contributed by atoms with Gasteiger partial charge in [-0.1, -0.05) is 26.8 Å². The number of nitrogens with one attached hydrogen (secondary N) is 1. The molecule has 5 nitrogen and oxygen atoms in total. The van der Waals surface area contributed by atoms with Gasteiger partial charge >= 0.3 is 0 Å². The van der Waals surface area contributed by atoms with Crippen LogP contribution in [0, 0.1) is 5.92 Å². The average Bonchev–Trinajstić information content (AvgIpc) is 2.61. The van der Waals surface area contributed by atoms with E-state index in [1.807, 2.05) is 13.8 Å². The number of rotatable bonds is 4. The number of carbonyl (C=O) groups is 1. The first kappa shape index (κ1) is 14.1. The summed E-state index contributed by atoms with van der Waals surface area (Å²) in [5, 5.41) is 2.36. The van der Waals surface area contributed by atoms with Crippen LogP contribution in [-0.4, -0.2) is 24.6 Å². The lowest BCUT2D eigenvalue weighted by atomic mass is 10.1. The Bertz CT molecular complexity index is 322. The summed E-state index contributed by atoms with van der Waals surface area (Å²) < 4.78 is 28.9. The number of amides is 1. The molecule has 0 spiro atoms. The van der Waals surface area contributed by atoms with Crippen LogP contribution in [0.1, 0.15) is 26.7 Å². The highest BCUT2D eigenvalue weighted by Gasteiger charge is 2.20. The summed E-state index contributed by atoms with van der Waals surface area (Å²) in [7, 11) is -3.75. The molecule has 0 aromatic heterocycles. The van der Waals surface area contributed by atoms with Crippen LogP contribution in [0.3, 0.4) is 0 Å². The van der Waals surface area contributed by atoms with E-state index in [0.717, 1.165) is 12.8 Å². The van der Waals surface area contributed by atoms with Crippen molar-refractivity contribution in [2.75, 3.05) is 5.75 Å². The Balaban J connectivity index is 0.000000322. The number of hydrogen-bond donors (Lipinski definition) is 2. The summed E-state index contributed by atoms with van der Waals surface area (Å²) >= 11 is 0. The van der Waals surface area contributed by atoms with E-state index < -0.39 is 10.1 Å². The van der Waals surface area contributed by atoms with Gasteiger partial charge in [0.15, 0.2) is 0 Å². The predicted octanol–water partition coefficient (Wildman–Crippen LogP) is 0.940. The van der Waals surface area contributed by atoms with Crippen LogP contribution >= 0.6 is 0 Å². The van der Waals surface area contributed by atoms with Crippen molar-refractivity contribution in [3.8, 4) is 0 Å². The van der Waals surface area contributed by atoms with E-state index in [4.69, 9.17) is 4.55 Å². The minimum Gasteiger partial charge on any atom is -0.317 e. The summed E-state index contributed by atoms with van der Waals surface area (Å²) in [6, 6.07) is 0. The Morgan fingerprint density at radius 3 is 2.13 bits per heavy atom. The molecule has 1 fully saturated rings. The van der Waals surface area contributed by atoms with Gasteiger partial charge in [-0.2, -0.15) is 8.42 Å². The number of carbonyl (C=O) groups excluding carboxylic acids is 1. The van der Waals surface area contributed by atoms with Gasteiger partial charge in [0.2, 0.25) is 0 Å².